The topological polar surface area (TPSA) is 56.5 Å². The Morgan fingerprint density at radius 2 is 1.68 bits per heavy atom. The molecule has 4 rings (SSSR count). The Kier molecular flexibility index (Phi) is 4.97. The predicted molar refractivity (Wildman–Crippen MR) is 111 cm³/mol. The monoisotopic (exact) mass is 369 g/mol. The number of hydrogen-bond donors (Lipinski definition) is 0. The van der Waals surface area contributed by atoms with Crippen molar-refractivity contribution in [3.05, 3.63) is 106 Å². The molecule has 0 saturated heterocycles. The Balaban J connectivity index is 1.64. The predicted octanol–water partition coefficient (Wildman–Crippen LogP) is 4.17. The molecule has 0 N–H and O–H groups in total. The third-order valence-corrected chi connectivity index (χ3v) is 4.38. The first-order valence-corrected chi connectivity index (χ1v) is 9.01. The van der Waals surface area contributed by atoms with Gasteiger partial charge in [-0.1, -0.05) is 54.6 Å². The van der Waals surface area contributed by atoms with Crippen molar-refractivity contribution in [2.75, 3.05) is 0 Å². The second-order valence-electron chi connectivity index (χ2n) is 6.35. The summed E-state index contributed by atoms with van der Waals surface area (Å²) < 4.78 is 7.26. The van der Waals surface area contributed by atoms with Gasteiger partial charge in [-0.3, -0.25) is 4.79 Å². The zero-order valence-electron chi connectivity index (χ0n) is 15.4. The van der Waals surface area contributed by atoms with E-state index in [4.69, 9.17) is 4.74 Å². The van der Waals surface area contributed by atoms with Gasteiger partial charge in [0.25, 0.3) is 5.56 Å². The van der Waals surface area contributed by atoms with Gasteiger partial charge >= 0.3 is 0 Å². The van der Waals surface area contributed by atoms with Crippen molar-refractivity contribution in [1.29, 1.82) is 0 Å². The zero-order valence-corrected chi connectivity index (χ0v) is 15.4. The molecule has 0 aliphatic heterocycles. The minimum absolute atomic E-state index is 0.193. The average molecular weight is 369 g/mol. The Labute approximate surface area is 162 Å². The van der Waals surface area contributed by atoms with E-state index in [0.29, 0.717) is 29.1 Å². The molecule has 0 spiro atoms. The zero-order chi connectivity index (χ0) is 19.3. The fourth-order valence-corrected chi connectivity index (χ4v) is 2.94. The highest BCUT2D eigenvalue weighted by atomic mass is 16.5. The highest BCUT2D eigenvalue weighted by Crippen LogP contribution is 2.18. The third kappa shape index (κ3) is 3.69. The van der Waals surface area contributed by atoms with Crippen LogP contribution in [0.1, 0.15) is 17.0 Å². The van der Waals surface area contributed by atoms with Crippen LogP contribution < -0.4 is 10.3 Å². The van der Waals surface area contributed by atoms with Crippen LogP contribution in [0.4, 0.5) is 0 Å². The SMILES string of the molecule is Cc1nc2ccccc2c(=O)n1/N=C/c1ccccc1OCc1ccccc1. The summed E-state index contributed by atoms with van der Waals surface area (Å²) in [6, 6.07) is 24.8. The summed E-state index contributed by atoms with van der Waals surface area (Å²) >= 11 is 0. The van der Waals surface area contributed by atoms with Crippen LogP contribution in [0.2, 0.25) is 0 Å². The molecule has 138 valence electrons. The van der Waals surface area contributed by atoms with Crippen molar-refractivity contribution in [1.82, 2.24) is 9.66 Å². The van der Waals surface area contributed by atoms with Gasteiger partial charge in [0.1, 0.15) is 18.2 Å². The van der Waals surface area contributed by atoms with Crippen molar-refractivity contribution in [2.24, 2.45) is 5.10 Å². The molecule has 0 aliphatic carbocycles. The fourth-order valence-electron chi connectivity index (χ4n) is 2.94. The molecule has 3 aromatic carbocycles. The van der Waals surface area contributed by atoms with Gasteiger partial charge in [0.2, 0.25) is 0 Å². The molecule has 0 unspecified atom stereocenters. The molecule has 1 heterocycles. The highest BCUT2D eigenvalue weighted by molar-refractivity contribution is 5.83. The summed E-state index contributed by atoms with van der Waals surface area (Å²) in [5.41, 5.74) is 2.35. The van der Waals surface area contributed by atoms with Gasteiger partial charge in [-0.25, -0.2) is 4.98 Å². The van der Waals surface area contributed by atoms with Gasteiger partial charge in [-0.05, 0) is 36.8 Å². The number of ether oxygens (including phenoxy) is 1. The summed E-state index contributed by atoms with van der Waals surface area (Å²) in [5.74, 6) is 1.23. The average Bonchev–Trinajstić information content (AvgIpc) is 2.73. The molecule has 5 heteroatoms. The number of nitrogens with zero attached hydrogens (tertiary/aromatic N) is 3. The number of benzene rings is 3. The van der Waals surface area contributed by atoms with Crippen LogP contribution in [0.5, 0.6) is 5.75 Å². The number of para-hydroxylation sites is 2. The summed E-state index contributed by atoms with van der Waals surface area (Å²) in [5, 5.41) is 4.92. The van der Waals surface area contributed by atoms with Gasteiger partial charge in [-0.2, -0.15) is 9.78 Å². The number of aromatic nitrogens is 2. The molecule has 28 heavy (non-hydrogen) atoms. The van der Waals surface area contributed by atoms with Gasteiger partial charge < -0.3 is 4.74 Å². The molecule has 0 atom stereocenters. The van der Waals surface area contributed by atoms with Crippen molar-refractivity contribution >= 4 is 17.1 Å². The maximum Gasteiger partial charge on any atom is 0.282 e. The van der Waals surface area contributed by atoms with E-state index in [-0.39, 0.29) is 5.56 Å². The van der Waals surface area contributed by atoms with Crippen molar-refractivity contribution in [2.45, 2.75) is 13.5 Å². The minimum atomic E-state index is -0.193. The number of aryl methyl sites for hydroxylation is 1. The van der Waals surface area contributed by atoms with E-state index in [1.54, 1.807) is 19.2 Å². The molecule has 1 aromatic heterocycles. The number of rotatable bonds is 5. The standard InChI is InChI=1S/C23H19N3O2/c1-17-25-21-13-7-6-12-20(21)23(27)26(17)24-15-19-11-5-8-14-22(19)28-16-18-9-3-2-4-10-18/h2-15H,16H2,1H3/b24-15+. The van der Waals surface area contributed by atoms with Gasteiger partial charge in [-0.15, -0.1) is 0 Å². The van der Waals surface area contributed by atoms with Crippen LogP contribution in [-0.4, -0.2) is 15.9 Å². The number of fused-ring (bicyclic) bond motifs is 1. The second kappa shape index (κ2) is 7.88. The van der Waals surface area contributed by atoms with Crippen LogP contribution >= 0.6 is 0 Å². The van der Waals surface area contributed by atoms with E-state index in [0.717, 1.165) is 11.1 Å². The van der Waals surface area contributed by atoms with Crippen molar-refractivity contribution < 1.29 is 4.74 Å². The van der Waals surface area contributed by atoms with E-state index in [2.05, 4.69) is 10.1 Å². The van der Waals surface area contributed by atoms with E-state index >= 15 is 0 Å². The summed E-state index contributed by atoms with van der Waals surface area (Å²) in [6.45, 7) is 2.23. The molecule has 0 aliphatic rings. The lowest BCUT2D eigenvalue weighted by molar-refractivity contribution is 0.306. The lowest BCUT2D eigenvalue weighted by Gasteiger charge is -2.09. The molecule has 0 fully saturated rings. The maximum absolute atomic E-state index is 12.7. The Morgan fingerprint density at radius 1 is 0.964 bits per heavy atom. The van der Waals surface area contributed by atoms with Crippen molar-refractivity contribution in [3.63, 3.8) is 0 Å². The lowest BCUT2D eigenvalue weighted by Crippen LogP contribution is -2.20. The Morgan fingerprint density at radius 3 is 2.54 bits per heavy atom. The van der Waals surface area contributed by atoms with Crippen LogP contribution in [0, 0.1) is 6.92 Å². The van der Waals surface area contributed by atoms with Gasteiger partial charge in [0.15, 0.2) is 0 Å². The number of hydrogen-bond acceptors (Lipinski definition) is 4. The van der Waals surface area contributed by atoms with Crippen LogP contribution in [0.25, 0.3) is 10.9 Å². The molecule has 0 bridgehead atoms. The van der Waals surface area contributed by atoms with Crippen LogP contribution in [0.15, 0.2) is 88.8 Å². The largest absolute Gasteiger partial charge is 0.488 e. The smallest absolute Gasteiger partial charge is 0.282 e. The Bertz CT molecular complexity index is 1200. The van der Waals surface area contributed by atoms with E-state index in [1.165, 1.54) is 4.68 Å². The summed E-state index contributed by atoms with van der Waals surface area (Å²) in [6.07, 6.45) is 1.63. The quantitative estimate of drug-likeness (QED) is 0.496. The van der Waals surface area contributed by atoms with E-state index in [1.807, 2.05) is 72.8 Å². The van der Waals surface area contributed by atoms with E-state index < -0.39 is 0 Å². The Hall–Kier alpha value is -3.73. The minimum Gasteiger partial charge on any atom is -0.488 e. The lowest BCUT2D eigenvalue weighted by atomic mass is 10.2. The molecular formula is C23H19N3O2. The first-order chi connectivity index (χ1) is 13.7. The summed E-state index contributed by atoms with van der Waals surface area (Å²) in [4.78, 5) is 17.2. The molecular weight excluding hydrogens is 350 g/mol. The molecule has 0 amide bonds. The van der Waals surface area contributed by atoms with Crippen molar-refractivity contribution in [3.8, 4) is 5.75 Å². The normalized spacial score (nSPS) is 11.2. The molecule has 4 aromatic rings. The first kappa shape index (κ1) is 17.7. The first-order valence-electron chi connectivity index (χ1n) is 9.01. The summed E-state index contributed by atoms with van der Waals surface area (Å²) in [7, 11) is 0. The van der Waals surface area contributed by atoms with Gasteiger partial charge in [0.05, 0.1) is 17.1 Å². The molecule has 0 saturated carbocycles. The highest BCUT2D eigenvalue weighted by Gasteiger charge is 2.07. The third-order valence-electron chi connectivity index (χ3n) is 4.38. The van der Waals surface area contributed by atoms with Gasteiger partial charge in [0, 0.05) is 5.56 Å². The second-order valence-corrected chi connectivity index (χ2v) is 6.35. The maximum atomic E-state index is 12.7. The van der Waals surface area contributed by atoms with Crippen LogP contribution in [-0.2, 0) is 6.61 Å². The van der Waals surface area contributed by atoms with Crippen LogP contribution in [0.3, 0.4) is 0 Å². The molecule has 5 nitrogen and oxygen atoms in total. The van der Waals surface area contributed by atoms with E-state index in [9.17, 15) is 4.79 Å². The fraction of sp³-hybridized carbons (Fsp3) is 0.0870. The molecule has 0 radical (unpaired) electrons.